The van der Waals surface area contributed by atoms with E-state index in [1.54, 1.807) is 0 Å². The van der Waals surface area contributed by atoms with Crippen molar-refractivity contribution in [3.63, 3.8) is 0 Å². The van der Waals surface area contributed by atoms with Crippen molar-refractivity contribution in [1.29, 1.82) is 0 Å². The van der Waals surface area contributed by atoms with Gasteiger partial charge in [-0.05, 0) is 270 Å². The molecule has 2 aliphatic rings. The standard InChI is InChI=1S/C126H86BN3/c1-13-38-87(39-14-1)95-64-68-110(69-65-95)128(111-63-37-62-100(78-111)88-40-15-2-16-41-88)113-85-122-125-123(86-113)130(126-116(98-58-33-11-34-59-98)79-108(80-117(126)99-60-35-12-36-61-99)107-74-103(91-46-21-5-22-47-91)72-104(75-107)92-48-23-6-24-49-92)121-71-67-102(90-44-19-4-20-45-90)82-119(121)127(125)118-81-101(89-42-17-3-18-43-89)66-70-120(118)129(122)112-83-114(96-54-29-9-30-55-96)124(115(84-112)97-56-31-10-32-57-97)109-76-105(93-50-25-7-26-51-93)73-106(77-109)94-52-27-8-28-53-94/h1-86H. The van der Waals surface area contributed by atoms with Crippen LogP contribution in [0.2, 0.25) is 0 Å². The average molecular weight is 1650 g/mol. The maximum atomic E-state index is 2.70. The summed E-state index contributed by atoms with van der Waals surface area (Å²) in [5.74, 6) is 0. The smallest absolute Gasteiger partial charge is 0.252 e. The highest BCUT2D eigenvalue weighted by Gasteiger charge is 2.46. The number of hydrogen-bond donors (Lipinski definition) is 0. The normalized spacial score (nSPS) is 11.8. The molecule has 0 atom stereocenters. The fourth-order valence-electron chi connectivity index (χ4n) is 19.8. The molecule has 4 heteroatoms. The van der Waals surface area contributed by atoms with Gasteiger partial charge in [-0.3, -0.25) is 0 Å². The summed E-state index contributed by atoms with van der Waals surface area (Å²) in [5, 5.41) is 0. The summed E-state index contributed by atoms with van der Waals surface area (Å²) in [6.07, 6.45) is 0. The second-order valence-electron chi connectivity index (χ2n) is 33.8. The number of fused-ring (bicyclic) bond motifs is 4. The van der Waals surface area contributed by atoms with Crippen LogP contribution in [0.25, 0.3) is 156 Å². The van der Waals surface area contributed by atoms with E-state index >= 15 is 0 Å². The lowest BCUT2D eigenvalue weighted by Crippen LogP contribution is -2.61. The molecule has 608 valence electrons. The monoisotopic (exact) mass is 1650 g/mol. The third-order valence-electron chi connectivity index (χ3n) is 25.9. The molecule has 0 amide bonds. The topological polar surface area (TPSA) is 9.72 Å². The Bertz CT molecular complexity index is 7460. The first-order chi connectivity index (χ1) is 64.5. The first-order valence-corrected chi connectivity index (χ1v) is 44.9. The lowest BCUT2D eigenvalue weighted by Gasteiger charge is -2.46. The van der Waals surface area contributed by atoms with Crippen LogP contribution < -0.4 is 31.1 Å². The van der Waals surface area contributed by atoms with Crippen molar-refractivity contribution in [3.05, 3.63) is 522 Å². The van der Waals surface area contributed by atoms with Crippen LogP contribution in [0.15, 0.2) is 522 Å². The number of benzene rings is 21. The Balaban J connectivity index is 0.880. The zero-order valence-electron chi connectivity index (χ0n) is 71.6. The van der Waals surface area contributed by atoms with Gasteiger partial charge in [0.2, 0.25) is 0 Å². The molecule has 21 aromatic carbocycles. The van der Waals surface area contributed by atoms with Crippen LogP contribution in [-0.2, 0) is 0 Å². The molecule has 0 aromatic heterocycles. The van der Waals surface area contributed by atoms with Gasteiger partial charge in [0.25, 0.3) is 6.71 Å². The highest BCUT2D eigenvalue weighted by Crippen LogP contribution is 2.56. The number of hydrogen-bond acceptors (Lipinski definition) is 3. The lowest BCUT2D eigenvalue weighted by molar-refractivity contribution is 1.23. The predicted molar refractivity (Wildman–Crippen MR) is 551 cm³/mol. The quantitative estimate of drug-likeness (QED) is 0.0747. The molecule has 21 aromatic rings. The van der Waals surface area contributed by atoms with Crippen LogP contribution in [0.1, 0.15) is 0 Å². The number of nitrogens with zero attached hydrogens (tertiary/aromatic N) is 3. The number of anilines is 9. The van der Waals surface area contributed by atoms with Crippen LogP contribution in [0, 0.1) is 0 Å². The highest BCUT2D eigenvalue weighted by molar-refractivity contribution is 7.00. The molecule has 0 radical (unpaired) electrons. The Morgan fingerprint density at radius 2 is 0.423 bits per heavy atom. The van der Waals surface area contributed by atoms with E-state index in [0.29, 0.717) is 0 Å². The molecular formula is C126H86BN3. The Morgan fingerprint density at radius 3 is 0.792 bits per heavy atom. The van der Waals surface area contributed by atoms with Gasteiger partial charge in [-0.2, -0.15) is 0 Å². The average Bonchev–Trinajstić information content (AvgIpc) is 0.685. The molecule has 0 aliphatic carbocycles. The molecule has 2 heterocycles. The molecule has 130 heavy (non-hydrogen) atoms. The second kappa shape index (κ2) is 34.2. The lowest BCUT2D eigenvalue weighted by atomic mass is 9.33. The molecule has 0 spiro atoms. The first-order valence-electron chi connectivity index (χ1n) is 44.9. The SMILES string of the molecule is c1ccc(-c2ccc(N(c3cccc(-c4ccccc4)c3)c3cc4c5c(c3)N(c3c(-c6ccccc6)cc(-c6cc(-c7ccccc7)cc(-c7ccccc7)c6)cc3-c3ccccc3)c3ccc(-c6ccccc6)cc3B5c3cc(-c5ccccc5)ccc3N4c3cc(-c4ccccc4)c(-c4cc(-c5ccccc5)cc(-c5ccccc5)c4)c(-c4ccccc4)c3)cc2)cc1. The van der Waals surface area contributed by atoms with Gasteiger partial charge in [-0.25, -0.2) is 0 Å². The Hall–Kier alpha value is -16.9. The van der Waals surface area contributed by atoms with Crippen LogP contribution in [0.3, 0.4) is 0 Å². The van der Waals surface area contributed by atoms with E-state index in [4.69, 9.17) is 0 Å². The van der Waals surface area contributed by atoms with Gasteiger partial charge < -0.3 is 14.7 Å². The molecule has 0 saturated heterocycles. The van der Waals surface area contributed by atoms with Gasteiger partial charge in [0.15, 0.2) is 0 Å². The van der Waals surface area contributed by atoms with E-state index in [1.807, 2.05) is 0 Å². The van der Waals surface area contributed by atoms with Crippen molar-refractivity contribution in [2.75, 3.05) is 14.7 Å². The van der Waals surface area contributed by atoms with Gasteiger partial charge >= 0.3 is 0 Å². The summed E-state index contributed by atoms with van der Waals surface area (Å²) in [4.78, 5) is 7.88. The molecule has 23 rings (SSSR count). The molecule has 0 saturated carbocycles. The zero-order chi connectivity index (χ0) is 86.2. The maximum absolute atomic E-state index is 2.70. The minimum absolute atomic E-state index is 0.362. The first kappa shape index (κ1) is 77.9. The van der Waals surface area contributed by atoms with Crippen molar-refractivity contribution in [1.82, 2.24) is 0 Å². The van der Waals surface area contributed by atoms with Gasteiger partial charge in [0, 0.05) is 50.9 Å². The Kier molecular flexibility index (Phi) is 20.5. The van der Waals surface area contributed by atoms with Crippen LogP contribution in [-0.4, -0.2) is 6.71 Å². The van der Waals surface area contributed by atoms with Gasteiger partial charge in [-0.15, -0.1) is 0 Å². The predicted octanol–water partition coefficient (Wildman–Crippen LogP) is 32.6. The van der Waals surface area contributed by atoms with Gasteiger partial charge in [0.1, 0.15) is 0 Å². The summed E-state index contributed by atoms with van der Waals surface area (Å²) in [7, 11) is 0. The van der Waals surface area contributed by atoms with E-state index in [1.165, 1.54) is 10.9 Å². The Morgan fingerprint density at radius 1 is 0.154 bits per heavy atom. The highest BCUT2D eigenvalue weighted by atomic mass is 15.2. The van der Waals surface area contributed by atoms with E-state index < -0.39 is 0 Å². The summed E-state index contributed by atoms with van der Waals surface area (Å²) in [6, 6.07) is 194. The summed E-state index contributed by atoms with van der Waals surface area (Å²) < 4.78 is 0. The molecular weight excluding hydrogens is 1570 g/mol. The van der Waals surface area contributed by atoms with Gasteiger partial charge in [-0.1, -0.05) is 413 Å². The molecule has 3 nitrogen and oxygen atoms in total. The van der Waals surface area contributed by atoms with E-state index in [-0.39, 0.29) is 6.71 Å². The fraction of sp³-hybridized carbons (Fsp3) is 0. The maximum Gasteiger partial charge on any atom is 0.252 e. The molecule has 0 fully saturated rings. The summed E-state index contributed by atoms with van der Waals surface area (Å²) in [6.45, 7) is -0.362. The zero-order valence-corrected chi connectivity index (χ0v) is 71.6. The van der Waals surface area contributed by atoms with Crippen molar-refractivity contribution in [2.45, 2.75) is 0 Å². The molecule has 0 bridgehead atoms. The van der Waals surface area contributed by atoms with E-state index in [0.717, 1.165) is 212 Å². The van der Waals surface area contributed by atoms with Crippen molar-refractivity contribution >= 4 is 74.3 Å². The van der Waals surface area contributed by atoms with Crippen molar-refractivity contribution < 1.29 is 0 Å². The van der Waals surface area contributed by atoms with E-state index in [9.17, 15) is 0 Å². The van der Waals surface area contributed by atoms with Crippen LogP contribution in [0.4, 0.5) is 51.2 Å². The minimum atomic E-state index is -0.362. The fourth-order valence-corrected chi connectivity index (χ4v) is 19.8. The number of rotatable bonds is 19. The molecule has 2 aliphatic heterocycles. The summed E-state index contributed by atoms with van der Waals surface area (Å²) >= 11 is 0. The third kappa shape index (κ3) is 14.9. The minimum Gasteiger partial charge on any atom is -0.311 e. The third-order valence-corrected chi connectivity index (χ3v) is 25.9. The largest absolute Gasteiger partial charge is 0.311 e. The van der Waals surface area contributed by atoms with Crippen molar-refractivity contribution in [3.8, 4) is 156 Å². The summed E-state index contributed by atoms with van der Waals surface area (Å²) in [5.41, 5.74) is 44.1. The molecule has 0 N–H and O–H groups in total. The second-order valence-corrected chi connectivity index (χ2v) is 33.8. The van der Waals surface area contributed by atoms with Crippen molar-refractivity contribution in [2.24, 2.45) is 0 Å². The van der Waals surface area contributed by atoms with Gasteiger partial charge in [0.05, 0.1) is 11.4 Å². The van der Waals surface area contributed by atoms with Crippen LogP contribution >= 0.6 is 0 Å². The molecule has 0 unspecified atom stereocenters. The van der Waals surface area contributed by atoms with Crippen LogP contribution in [0.5, 0.6) is 0 Å². The van der Waals surface area contributed by atoms with E-state index in [2.05, 4.69) is 536 Å². The Labute approximate surface area is 761 Å².